The smallest absolute Gasteiger partial charge is 0.0828 e. The van der Waals surface area contributed by atoms with Crippen LogP contribution in [-0.2, 0) is 13.0 Å². The SMILES string of the molecule is CC(C)Cn1cc(CCCO)nn1. The molecule has 13 heavy (non-hydrogen) atoms. The van der Waals surface area contributed by atoms with Gasteiger partial charge >= 0.3 is 0 Å². The molecule has 0 saturated heterocycles. The molecule has 0 aliphatic heterocycles. The topological polar surface area (TPSA) is 50.9 Å². The van der Waals surface area contributed by atoms with Crippen molar-refractivity contribution in [1.29, 1.82) is 0 Å². The van der Waals surface area contributed by atoms with E-state index in [1.807, 2.05) is 10.9 Å². The van der Waals surface area contributed by atoms with Gasteiger partial charge in [0.1, 0.15) is 0 Å². The molecule has 1 heterocycles. The molecule has 4 nitrogen and oxygen atoms in total. The molecule has 0 aliphatic carbocycles. The van der Waals surface area contributed by atoms with Gasteiger partial charge in [-0.05, 0) is 18.8 Å². The molecule has 4 heteroatoms. The average molecular weight is 183 g/mol. The molecule has 0 amide bonds. The minimum atomic E-state index is 0.219. The Labute approximate surface area is 78.6 Å². The van der Waals surface area contributed by atoms with E-state index in [9.17, 15) is 0 Å². The largest absolute Gasteiger partial charge is 0.396 e. The number of hydrogen-bond donors (Lipinski definition) is 1. The fourth-order valence-corrected chi connectivity index (χ4v) is 1.18. The Kier molecular flexibility index (Phi) is 3.89. The summed E-state index contributed by atoms with van der Waals surface area (Å²) in [6.07, 6.45) is 3.53. The molecule has 0 radical (unpaired) electrons. The number of aliphatic hydroxyl groups is 1. The summed E-state index contributed by atoms with van der Waals surface area (Å²) in [6.45, 7) is 5.42. The Bertz CT molecular complexity index is 245. The van der Waals surface area contributed by atoms with E-state index in [0.29, 0.717) is 5.92 Å². The maximum Gasteiger partial charge on any atom is 0.0828 e. The van der Waals surface area contributed by atoms with Gasteiger partial charge < -0.3 is 5.11 Å². The van der Waals surface area contributed by atoms with Crippen LogP contribution in [0.15, 0.2) is 6.20 Å². The lowest BCUT2D eigenvalue weighted by Gasteiger charge is -2.01. The molecule has 1 rings (SSSR count). The van der Waals surface area contributed by atoms with E-state index >= 15 is 0 Å². The van der Waals surface area contributed by atoms with E-state index in [2.05, 4.69) is 24.2 Å². The second-order valence-electron chi connectivity index (χ2n) is 3.65. The lowest BCUT2D eigenvalue weighted by molar-refractivity contribution is 0.288. The minimum Gasteiger partial charge on any atom is -0.396 e. The molecule has 1 aromatic rings. The van der Waals surface area contributed by atoms with Crippen LogP contribution in [0.5, 0.6) is 0 Å². The van der Waals surface area contributed by atoms with Crippen LogP contribution in [0.25, 0.3) is 0 Å². The molecule has 1 N–H and O–H groups in total. The third-order valence-corrected chi connectivity index (χ3v) is 1.73. The van der Waals surface area contributed by atoms with E-state index in [-0.39, 0.29) is 6.61 Å². The van der Waals surface area contributed by atoms with Gasteiger partial charge in [-0.25, -0.2) is 0 Å². The van der Waals surface area contributed by atoms with Crippen molar-refractivity contribution in [2.45, 2.75) is 33.2 Å². The molecule has 0 spiro atoms. The van der Waals surface area contributed by atoms with Crippen molar-refractivity contribution in [3.63, 3.8) is 0 Å². The quantitative estimate of drug-likeness (QED) is 0.736. The van der Waals surface area contributed by atoms with Gasteiger partial charge in [-0.15, -0.1) is 5.10 Å². The van der Waals surface area contributed by atoms with E-state index in [1.165, 1.54) is 0 Å². The van der Waals surface area contributed by atoms with Crippen molar-refractivity contribution in [1.82, 2.24) is 15.0 Å². The fraction of sp³-hybridized carbons (Fsp3) is 0.778. The van der Waals surface area contributed by atoms with Crippen LogP contribution >= 0.6 is 0 Å². The van der Waals surface area contributed by atoms with Crippen LogP contribution in [-0.4, -0.2) is 26.7 Å². The Morgan fingerprint density at radius 1 is 1.54 bits per heavy atom. The third kappa shape index (κ3) is 3.55. The normalized spacial score (nSPS) is 11.1. The number of rotatable bonds is 5. The second kappa shape index (κ2) is 4.97. The van der Waals surface area contributed by atoms with Crippen LogP contribution < -0.4 is 0 Å². The molecule has 0 atom stereocenters. The first-order valence-electron chi connectivity index (χ1n) is 4.72. The Morgan fingerprint density at radius 2 is 2.31 bits per heavy atom. The summed E-state index contributed by atoms with van der Waals surface area (Å²) in [5.41, 5.74) is 0.967. The van der Waals surface area contributed by atoms with Gasteiger partial charge in [0.15, 0.2) is 0 Å². The molecule has 0 saturated carbocycles. The van der Waals surface area contributed by atoms with Gasteiger partial charge in [0.25, 0.3) is 0 Å². The first kappa shape index (κ1) is 10.2. The van der Waals surface area contributed by atoms with E-state index < -0.39 is 0 Å². The highest BCUT2D eigenvalue weighted by molar-refractivity contribution is 4.92. The van der Waals surface area contributed by atoms with Crippen molar-refractivity contribution in [2.24, 2.45) is 5.92 Å². The van der Waals surface area contributed by atoms with Crippen LogP contribution in [0.4, 0.5) is 0 Å². The maximum absolute atomic E-state index is 8.62. The molecular formula is C9H17N3O. The van der Waals surface area contributed by atoms with Crippen molar-refractivity contribution in [2.75, 3.05) is 6.61 Å². The zero-order chi connectivity index (χ0) is 9.68. The van der Waals surface area contributed by atoms with Gasteiger partial charge in [-0.1, -0.05) is 19.1 Å². The van der Waals surface area contributed by atoms with Crippen LogP contribution in [0, 0.1) is 5.92 Å². The summed E-state index contributed by atoms with van der Waals surface area (Å²) >= 11 is 0. The number of aliphatic hydroxyl groups excluding tert-OH is 1. The monoisotopic (exact) mass is 183 g/mol. The van der Waals surface area contributed by atoms with Gasteiger partial charge in [0.2, 0.25) is 0 Å². The predicted molar refractivity (Wildman–Crippen MR) is 50.3 cm³/mol. The molecule has 0 aliphatic rings. The standard InChI is InChI=1S/C9H17N3O/c1-8(2)6-12-7-9(10-11-12)4-3-5-13/h7-8,13H,3-6H2,1-2H3. The third-order valence-electron chi connectivity index (χ3n) is 1.73. The molecule has 74 valence electrons. The number of hydrogen-bond acceptors (Lipinski definition) is 3. The Hall–Kier alpha value is -0.900. The lowest BCUT2D eigenvalue weighted by Crippen LogP contribution is -2.04. The van der Waals surface area contributed by atoms with Crippen molar-refractivity contribution in [3.8, 4) is 0 Å². The summed E-state index contributed by atoms with van der Waals surface area (Å²) < 4.78 is 1.86. The zero-order valence-corrected chi connectivity index (χ0v) is 8.27. The molecule has 0 aromatic carbocycles. The highest BCUT2D eigenvalue weighted by Crippen LogP contribution is 2.01. The molecule has 0 bridgehead atoms. The molecular weight excluding hydrogens is 166 g/mol. The Balaban J connectivity index is 2.44. The first-order valence-corrected chi connectivity index (χ1v) is 4.72. The van der Waals surface area contributed by atoms with Gasteiger partial charge in [0.05, 0.1) is 5.69 Å². The second-order valence-corrected chi connectivity index (χ2v) is 3.65. The Morgan fingerprint density at radius 3 is 2.92 bits per heavy atom. The summed E-state index contributed by atoms with van der Waals surface area (Å²) in [5, 5.41) is 16.6. The maximum atomic E-state index is 8.62. The number of nitrogens with zero attached hydrogens (tertiary/aromatic N) is 3. The zero-order valence-electron chi connectivity index (χ0n) is 8.27. The molecule has 1 aromatic heterocycles. The number of aromatic nitrogens is 3. The van der Waals surface area contributed by atoms with Crippen molar-refractivity contribution >= 4 is 0 Å². The molecule has 0 unspecified atom stereocenters. The summed E-state index contributed by atoms with van der Waals surface area (Å²) in [4.78, 5) is 0. The van der Waals surface area contributed by atoms with Gasteiger partial charge in [0, 0.05) is 19.3 Å². The predicted octanol–water partition coefficient (Wildman–Crippen LogP) is 0.859. The fourth-order valence-electron chi connectivity index (χ4n) is 1.18. The highest BCUT2D eigenvalue weighted by atomic mass is 16.2. The molecule has 0 fully saturated rings. The highest BCUT2D eigenvalue weighted by Gasteiger charge is 2.01. The van der Waals surface area contributed by atoms with Crippen LogP contribution in [0.2, 0.25) is 0 Å². The summed E-state index contributed by atoms with van der Waals surface area (Å²) in [6, 6.07) is 0. The van der Waals surface area contributed by atoms with Gasteiger partial charge in [-0.2, -0.15) is 0 Å². The summed E-state index contributed by atoms with van der Waals surface area (Å²) in [7, 11) is 0. The lowest BCUT2D eigenvalue weighted by atomic mass is 10.2. The number of aryl methyl sites for hydroxylation is 1. The van der Waals surface area contributed by atoms with Crippen LogP contribution in [0.3, 0.4) is 0 Å². The van der Waals surface area contributed by atoms with Crippen LogP contribution in [0.1, 0.15) is 26.0 Å². The first-order chi connectivity index (χ1) is 6.22. The summed E-state index contributed by atoms with van der Waals surface area (Å²) in [5.74, 6) is 0.590. The van der Waals surface area contributed by atoms with E-state index in [4.69, 9.17) is 5.11 Å². The van der Waals surface area contributed by atoms with Crippen molar-refractivity contribution in [3.05, 3.63) is 11.9 Å². The van der Waals surface area contributed by atoms with Crippen molar-refractivity contribution < 1.29 is 5.11 Å². The average Bonchev–Trinajstić information content (AvgIpc) is 2.48. The minimum absolute atomic E-state index is 0.219. The van der Waals surface area contributed by atoms with Gasteiger partial charge in [-0.3, -0.25) is 4.68 Å². The van der Waals surface area contributed by atoms with E-state index in [0.717, 1.165) is 25.1 Å². The van der Waals surface area contributed by atoms with E-state index in [1.54, 1.807) is 0 Å².